The number of nitrogens with one attached hydrogen (secondary N) is 1. The normalized spacial score (nSPS) is 10.9. The standard InChI is InChI=1S/C16H16BrN3O2S/c1-3-22-13(21)8-18-16-14(15-10(2)6-7-23-15)19-12-5-4-11(17)9-20(12)16/h4-7,9,18H,3,8H2,1-2H3. The Bertz CT molecular complexity index is 856. The summed E-state index contributed by atoms with van der Waals surface area (Å²) in [5.41, 5.74) is 2.83. The quantitative estimate of drug-likeness (QED) is 0.662. The van der Waals surface area contributed by atoms with Crippen LogP contribution in [0.1, 0.15) is 12.5 Å². The third-order valence-corrected chi connectivity index (χ3v) is 4.86. The van der Waals surface area contributed by atoms with Gasteiger partial charge in [-0.2, -0.15) is 0 Å². The summed E-state index contributed by atoms with van der Waals surface area (Å²) in [4.78, 5) is 17.5. The Hall–Kier alpha value is -1.86. The lowest BCUT2D eigenvalue weighted by Gasteiger charge is -2.08. The summed E-state index contributed by atoms with van der Waals surface area (Å²) in [7, 11) is 0. The number of carbonyl (C=O) groups is 1. The van der Waals surface area contributed by atoms with Crippen LogP contribution in [0.4, 0.5) is 5.82 Å². The Morgan fingerprint density at radius 3 is 2.96 bits per heavy atom. The Morgan fingerprint density at radius 2 is 2.26 bits per heavy atom. The van der Waals surface area contributed by atoms with E-state index in [4.69, 9.17) is 9.72 Å². The van der Waals surface area contributed by atoms with Crippen LogP contribution in [0.15, 0.2) is 34.2 Å². The third kappa shape index (κ3) is 3.25. The first-order chi connectivity index (χ1) is 11.1. The van der Waals surface area contributed by atoms with Crippen molar-refractivity contribution in [3.63, 3.8) is 0 Å². The molecule has 3 aromatic heterocycles. The number of thiophene rings is 1. The molecule has 120 valence electrons. The number of pyridine rings is 1. The van der Waals surface area contributed by atoms with E-state index in [2.05, 4.69) is 34.2 Å². The highest BCUT2D eigenvalue weighted by Gasteiger charge is 2.17. The van der Waals surface area contributed by atoms with Crippen molar-refractivity contribution in [3.05, 3.63) is 39.8 Å². The van der Waals surface area contributed by atoms with Crippen LogP contribution in [0.5, 0.6) is 0 Å². The van der Waals surface area contributed by atoms with Gasteiger partial charge in [0.2, 0.25) is 0 Å². The molecule has 3 aromatic rings. The minimum absolute atomic E-state index is 0.103. The molecule has 0 fully saturated rings. The summed E-state index contributed by atoms with van der Waals surface area (Å²) in [6.07, 6.45) is 1.93. The molecule has 0 aliphatic heterocycles. The van der Waals surface area contributed by atoms with Crippen LogP contribution in [-0.2, 0) is 9.53 Å². The van der Waals surface area contributed by atoms with E-state index in [1.165, 1.54) is 0 Å². The molecular formula is C16H16BrN3O2S. The van der Waals surface area contributed by atoms with Crippen LogP contribution < -0.4 is 5.32 Å². The number of carbonyl (C=O) groups excluding carboxylic acids is 1. The Morgan fingerprint density at radius 1 is 1.43 bits per heavy atom. The molecule has 7 heteroatoms. The van der Waals surface area contributed by atoms with Crippen molar-refractivity contribution in [2.75, 3.05) is 18.5 Å². The maximum absolute atomic E-state index is 11.7. The minimum Gasteiger partial charge on any atom is -0.465 e. The van der Waals surface area contributed by atoms with Crippen molar-refractivity contribution < 1.29 is 9.53 Å². The van der Waals surface area contributed by atoms with Crippen LogP contribution in [0.25, 0.3) is 16.2 Å². The smallest absolute Gasteiger partial charge is 0.325 e. The Labute approximate surface area is 146 Å². The Balaban J connectivity index is 2.06. The summed E-state index contributed by atoms with van der Waals surface area (Å²) in [6.45, 7) is 4.33. The van der Waals surface area contributed by atoms with E-state index in [1.54, 1.807) is 18.3 Å². The molecule has 0 saturated carbocycles. The van der Waals surface area contributed by atoms with Crippen LogP contribution in [0.3, 0.4) is 0 Å². The molecule has 5 nitrogen and oxygen atoms in total. The highest BCUT2D eigenvalue weighted by Crippen LogP contribution is 2.35. The predicted molar refractivity (Wildman–Crippen MR) is 96.1 cm³/mol. The topological polar surface area (TPSA) is 55.6 Å². The van der Waals surface area contributed by atoms with E-state index >= 15 is 0 Å². The van der Waals surface area contributed by atoms with Crippen molar-refractivity contribution in [2.24, 2.45) is 0 Å². The van der Waals surface area contributed by atoms with E-state index in [9.17, 15) is 4.79 Å². The van der Waals surface area contributed by atoms with E-state index in [0.717, 1.165) is 32.1 Å². The van der Waals surface area contributed by atoms with Gasteiger partial charge in [-0.15, -0.1) is 11.3 Å². The van der Waals surface area contributed by atoms with E-state index < -0.39 is 0 Å². The molecule has 1 N–H and O–H groups in total. The van der Waals surface area contributed by atoms with Gasteiger partial charge in [0, 0.05) is 10.7 Å². The number of imidazole rings is 1. The second-order valence-corrected chi connectivity index (χ2v) is 6.81. The molecule has 3 rings (SSSR count). The fourth-order valence-electron chi connectivity index (χ4n) is 2.33. The van der Waals surface area contributed by atoms with Gasteiger partial charge in [0.1, 0.15) is 23.7 Å². The molecule has 0 unspecified atom stereocenters. The molecule has 3 heterocycles. The summed E-state index contributed by atoms with van der Waals surface area (Å²) in [5, 5.41) is 5.22. The zero-order valence-electron chi connectivity index (χ0n) is 12.8. The Kier molecular flexibility index (Phi) is 4.68. The first kappa shape index (κ1) is 16.0. The number of ether oxygens (including phenoxy) is 1. The van der Waals surface area contributed by atoms with Gasteiger partial charge in [0.15, 0.2) is 0 Å². The van der Waals surface area contributed by atoms with Crippen molar-refractivity contribution in [1.29, 1.82) is 0 Å². The first-order valence-electron chi connectivity index (χ1n) is 7.21. The van der Waals surface area contributed by atoms with Gasteiger partial charge in [0.05, 0.1) is 11.5 Å². The third-order valence-electron chi connectivity index (χ3n) is 3.37. The number of hydrogen-bond acceptors (Lipinski definition) is 5. The highest BCUT2D eigenvalue weighted by atomic mass is 79.9. The fourth-order valence-corrected chi connectivity index (χ4v) is 3.58. The molecular weight excluding hydrogens is 378 g/mol. The summed E-state index contributed by atoms with van der Waals surface area (Å²) in [6, 6.07) is 5.95. The van der Waals surface area contributed by atoms with Crippen molar-refractivity contribution >= 4 is 44.7 Å². The molecule has 0 saturated heterocycles. The van der Waals surface area contributed by atoms with Crippen LogP contribution in [-0.4, -0.2) is 28.5 Å². The molecule has 0 amide bonds. The van der Waals surface area contributed by atoms with E-state index in [0.29, 0.717) is 6.61 Å². The largest absolute Gasteiger partial charge is 0.465 e. The van der Waals surface area contributed by atoms with E-state index in [-0.39, 0.29) is 12.5 Å². The first-order valence-corrected chi connectivity index (χ1v) is 8.89. The van der Waals surface area contributed by atoms with Gasteiger partial charge in [-0.3, -0.25) is 9.20 Å². The second kappa shape index (κ2) is 6.72. The fraction of sp³-hybridized carbons (Fsp3) is 0.250. The minimum atomic E-state index is -0.286. The number of aryl methyl sites for hydroxylation is 1. The summed E-state index contributed by atoms with van der Waals surface area (Å²) >= 11 is 5.12. The number of anilines is 1. The van der Waals surface area contributed by atoms with Crippen LogP contribution >= 0.6 is 27.3 Å². The number of fused-ring (bicyclic) bond motifs is 1. The number of aromatic nitrogens is 2. The van der Waals surface area contributed by atoms with Crippen molar-refractivity contribution in [2.45, 2.75) is 13.8 Å². The number of halogens is 1. The molecule has 0 spiro atoms. The lowest BCUT2D eigenvalue weighted by Crippen LogP contribution is -2.17. The van der Waals surface area contributed by atoms with Crippen molar-refractivity contribution in [3.8, 4) is 10.6 Å². The van der Waals surface area contributed by atoms with Crippen LogP contribution in [0, 0.1) is 6.92 Å². The van der Waals surface area contributed by atoms with Crippen LogP contribution in [0.2, 0.25) is 0 Å². The maximum atomic E-state index is 11.7. The van der Waals surface area contributed by atoms with Gasteiger partial charge in [0.25, 0.3) is 0 Å². The maximum Gasteiger partial charge on any atom is 0.325 e. The average molecular weight is 394 g/mol. The van der Waals surface area contributed by atoms with E-state index in [1.807, 2.05) is 28.1 Å². The summed E-state index contributed by atoms with van der Waals surface area (Å²) < 4.78 is 7.88. The monoisotopic (exact) mass is 393 g/mol. The van der Waals surface area contributed by atoms with Crippen molar-refractivity contribution in [1.82, 2.24) is 9.38 Å². The molecule has 0 atom stereocenters. The lowest BCUT2D eigenvalue weighted by molar-refractivity contribution is -0.140. The predicted octanol–water partition coefficient (Wildman–Crippen LogP) is 4.11. The number of nitrogens with zero attached hydrogens (tertiary/aromatic N) is 2. The number of hydrogen-bond donors (Lipinski definition) is 1. The number of rotatable bonds is 5. The average Bonchev–Trinajstić information content (AvgIpc) is 3.08. The molecule has 0 bridgehead atoms. The SMILES string of the molecule is CCOC(=O)CNc1c(-c2sccc2C)nc2ccc(Br)cn12. The van der Waals surface area contributed by atoms with Gasteiger partial charge in [-0.25, -0.2) is 4.98 Å². The zero-order valence-corrected chi connectivity index (χ0v) is 15.2. The van der Waals surface area contributed by atoms with Gasteiger partial charge in [-0.05, 0) is 58.9 Å². The summed E-state index contributed by atoms with van der Waals surface area (Å²) in [5.74, 6) is 0.506. The van der Waals surface area contributed by atoms with Gasteiger partial charge in [-0.1, -0.05) is 0 Å². The highest BCUT2D eigenvalue weighted by molar-refractivity contribution is 9.10. The zero-order chi connectivity index (χ0) is 16.4. The molecule has 0 aliphatic carbocycles. The molecule has 0 aromatic carbocycles. The lowest BCUT2D eigenvalue weighted by atomic mass is 10.2. The number of esters is 1. The molecule has 0 aliphatic rings. The molecule has 0 radical (unpaired) electrons. The van der Waals surface area contributed by atoms with Gasteiger partial charge >= 0.3 is 5.97 Å². The second-order valence-electron chi connectivity index (χ2n) is 4.98. The molecule has 23 heavy (non-hydrogen) atoms. The van der Waals surface area contributed by atoms with Gasteiger partial charge < -0.3 is 10.1 Å².